The lowest BCUT2D eigenvalue weighted by molar-refractivity contribution is -0.115. The largest absolute Gasteiger partial charge is 0.300 e. The molecule has 0 aliphatic carbocycles. The quantitative estimate of drug-likeness (QED) is 0.711. The molecule has 0 aliphatic heterocycles. The van der Waals surface area contributed by atoms with Crippen LogP contribution in [0.4, 0.5) is 5.13 Å². The Morgan fingerprint density at radius 3 is 2.58 bits per heavy atom. The second-order valence-corrected chi connectivity index (χ2v) is 8.96. The number of hydrogen-bond donors (Lipinski definition) is 1. The molecule has 0 aliphatic rings. The predicted octanol–water partition coefficient (Wildman–Crippen LogP) is 2.75. The molecule has 0 bridgehead atoms. The van der Waals surface area contributed by atoms with Gasteiger partial charge in [0.25, 0.3) is 0 Å². The maximum absolute atomic E-state index is 12.3. The molecule has 3 rings (SSSR count). The Morgan fingerprint density at radius 2 is 1.88 bits per heavy atom. The molecule has 3 aromatic rings. The molecule has 0 unspecified atom stereocenters. The van der Waals surface area contributed by atoms with Crippen molar-refractivity contribution in [3.63, 3.8) is 0 Å². The predicted molar refractivity (Wildman–Crippen MR) is 93.9 cm³/mol. The lowest BCUT2D eigenvalue weighted by atomic mass is 10.3. The summed E-state index contributed by atoms with van der Waals surface area (Å²) >= 11 is 2.57. The second-order valence-electron chi connectivity index (χ2n) is 4.88. The first kappa shape index (κ1) is 16.7. The minimum Gasteiger partial charge on any atom is -0.300 e. The summed E-state index contributed by atoms with van der Waals surface area (Å²) in [5.74, 6) is -0.443. The van der Waals surface area contributed by atoms with Gasteiger partial charge in [0.05, 0.1) is 11.3 Å². The Bertz CT molecular complexity index is 919. The summed E-state index contributed by atoms with van der Waals surface area (Å²) in [6.45, 7) is 0. The van der Waals surface area contributed by atoms with Crippen LogP contribution in [0.15, 0.2) is 52.7 Å². The summed E-state index contributed by atoms with van der Waals surface area (Å²) in [7, 11) is -3.47. The van der Waals surface area contributed by atoms with Crippen LogP contribution < -0.4 is 5.32 Å². The minimum absolute atomic E-state index is 0.203. The van der Waals surface area contributed by atoms with E-state index in [1.54, 1.807) is 30.3 Å². The van der Waals surface area contributed by atoms with Crippen LogP contribution in [0.1, 0.15) is 9.88 Å². The van der Waals surface area contributed by atoms with Gasteiger partial charge in [0.1, 0.15) is 10.8 Å². The molecule has 2 heterocycles. The van der Waals surface area contributed by atoms with Gasteiger partial charge in [-0.25, -0.2) is 8.42 Å². The van der Waals surface area contributed by atoms with E-state index in [9.17, 15) is 13.2 Å². The first-order chi connectivity index (χ1) is 11.5. The molecule has 1 N–H and O–H groups in total. The molecule has 0 radical (unpaired) electrons. The van der Waals surface area contributed by atoms with Gasteiger partial charge in [0.15, 0.2) is 9.84 Å². The fourth-order valence-electron chi connectivity index (χ4n) is 1.97. The van der Waals surface area contributed by atoms with Crippen LogP contribution in [0.25, 0.3) is 0 Å². The van der Waals surface area contributed by atoms with E-state index in [0.29, 0.717) is 10.1 Å². The second kappa shape index (κ2) is 7.20. The van der Waals surface area contributed by atoms with Gasteiger partial charge < -0.3 is 5.32 Å². The van der Waals surface area contributed by atoms with Gasteiger partial charge in [-0.1, -0.05) is 35.6 Å². The lowest BCUT2D eigenvalue weighted by Crippen LogP contribution is -2.13. The van der Waals surface area contributed by atoms with Crippen LogP contribution in [0.5, 0.6) is 0 Å². The monoisotopic (exact) mass is 379 g/mol. The molecule has 6 nitrogen and oxygen atoms in total. The number of aromatic nitrogens is 2. The maximum Gasteiger partial charge on any atom is 0.231 e. The number of thiophene rings is 1. The van der Waals surface area contributed by atoms with Crippen molar-refractivity contribution >= 4 is 43.5 Å². The average Bonchev–Trinajstić information content (AvgIpc) is 3.20. The van der Waals surface area contributed by atoms with E-state index in [1.807, 2.05) is 17.5 Å². The van der Waals surface area contributed by atoms with E-state index in [-0.39, 0.29) is 23.0 Å². The summed E-state index contributed by atoms with van der Waals surface area (Å²) in [4.78, 5) is 13.1. The highest BCUT2D eigenvalue weighted by molar-refractivity contribution is 7.90. The Balaban J connectivity index is 1.64. The van der Waals surface area contributed by atoms with Gasteiger partial charge >= 0.3 is 0 Å². The molecule has 1 amide bonds. The van der Waals surface area contributed by atoms with Crippen molar-refractivity contribution in [2.24, 2.45) is 0 Å². The van der Waals surface area contributed by atoms with Crippen molar-refractivity contribution in [3.05, 3.63) is 57.7 Å². The van der Waals surface area contributed by atoms with Crippen molar-refractivity contribution in [3.8, 4) is 0 Å². The molecule has 24 heavy (non-hydrogen) atoms. The van der Waals surface area contributed by atoms with Crippen LogP contribution in [0.2, 0.25) is 0 Å². The highest BCUT2D eigenvalue weighted by Gasteiger charge is 2.18. The number of benzene rings is 1. The number of carbonyl (C=O) groups excluding carboxylic acids is 1. The molecule has 2 aromatic heterocycles. The van der Waals surface area contributed by atoms with E-state index < -0.39 is 9.84 Å². The number of amides is 1. The van der Waals surface area contributed by atoms with Crippen molar-refractivity contribution < 1.29 is 13.2 Å². The number of rotatable bonds is 6. The minimum atomic E-state index is -3.47. The standard InChI is InChI=1S/C15H13N3O3S3/c19-13(9-11-5-4-8-22-11)16-15-18-17-14(23-15)10-24(20,21)12-6-2-1-3-7-12/h1-8H,9-10H2,(H,16,18,19). The normalized spacial score (nSPS) is 11.3. The lowest BCUT2D eigenvalue weighted by Gasteiger charge is -2.01. The van der Waals surface area contributed by atoms with E-state index in [1.165, 1.54) is 11.3 Å². The number of sulfone groups is 1. The van der Waals surface area contributed by atoms with Gasteiger partial charge in [-0.05, 0) is 23.6 Å². The molecule has 1 aromatic carbocycles. The Labute approximate surface area is 147 Å². The fourth-order valence-corrected chi connectivity index (χ4v) is 5.05. The zero-order valence-corrected chi connectivity index (χ0v) is 14.8. The van der Waals surface area contributed by atoms with E-state index in [4.69, 9.17) is 0 Å². The summed E-state index contributed by atoms with van der Waals surface area (Å²) in [5, 5.41) is 12.9. The maximum atomic E-state index is 12.3. The summed E-state index contributed by atoms with van der Waals surface area (Å²) in [6.07, 6.45) is 0.259. The van der Waals surface area contributed by atoms with Crippen LogP contribution >= 0.6 is 22.7 Å². The highest BCUT2D eigenvalue weighted by Crippen LogP contribution is 2.21. The smallest absolute Gasteiger partial charge is 0.231 e. The number of nitrogens with zero attached hydrogens (tertiary/aromatic N) is 2. The van der Waals surface area contributed by atoms with Crippen LogP contribution in [-0.4, -0.2) is 24.5 Å². The van der Waals surface area contributed by atoms with Gasteiger partial charge in [0, 0.05) is 4.88 Å². The number of carbonyl (C=O) groups is 1. The van der Waals surface area contributed by atoms with E-state index in [0.717, 1.165) is 16.2 Å². The summed E-state index contributed by atoms with van der Waals surface area (Å²) in [6, 6.07) is 11.9. The Morgan fingerprint density at radius 1 is 1.08 bits per heavy atom. The van der Waals surface area contributed by atoms with Gasteiger partial charge in [-0.2, -0.15) is 0 Å². The van der Waals surface area contributed by atoms with Crippen LogP contribution in [-0.2, 0) is 26.8 Å². The van der Waals surface area contributed by atoms with Gasteiger partial charge in [-0.15, -0.1) is 21.5 Å². The molecule has 0 saturated heterocycles. The van der Waals surface area contributed by atoms with Crippen LogP contribution in [0.3, 0.4) is 0 Å². The first-order valence-corrected chi connectivity index (χ1v) is 10.3. The summed E-state index contributed by atoms with van der Waals surface area (Å²) in [5.41, 5.74) is 0. The topological polar surface area (TPSA) is 89.0 Å². The SMILES string of the molecule is O=C(Cc1cccs1)Nc1nnc(CS(=O)(=O)c2ccccc2)s1. The zero-order chi connectivity index (χ0) is 17.0. The molecule has 0 fully saturated rings. The first-order valence-electron chi connectivity index (χ1n) is 6.95. The summed E-state index contributed by atoms with van der Waals surface area (Å²) < 4.78 is 24.6. The molecule has 9 heteroatoms. The van der Waals surface area contributed by atoms with Crippen molar-refractivity contribution in [1.29, 1.82) is 0 Å². The zero-order valence-electron chi connectivity index (χ0n) is 12.4. The van der Waals surface area contributed by atoms with E-state index in [2.05, 4.69) is 15.5 Å². The Kier molecular flexibility index (Phi) is 5.03. The molecule has 124 valence electrons. The third-order valence-electron chi connectivity index (χ3n) is 3.04. The average molecular weight is 379 g/mol. The fraction of sp³-hybridized carbons (Fsp3) is 0.133. The molecular formula is C15H13N3O3S3. The molecular weight excluding hydrogens is 366 g/mol. The van der Waals surface area contributed by atoms with Gasteiger partial charge in [-0.3, -0.25) is 4.79 Å². The van der Waals surface area contributed by atoms with Crippen molar-refractivity contribution in [2.75, 3.05) is 5.32 Å². The third kappa shape index (κ3) is 4.25. The third-order valence-corrected chi connectivity index (χ3v) is 6.59. The van der Waals surface area contributed by atoms with E-state index >= 15 is 0 Å². The number of nitrogens with one attached hydrogen (secondary N) is 1. The molecule has 0 spiro atoms. The number of anilines is 1. The van der Waals surface area contributed by atoms with Crippen molar-refractivity contribution in [1.82, 2.24) is 10.2 Å². The van der Waals surface area contributed by atoms with Crippen LogP contribution in [0, 0.1) is 0 Å². The van der Waals surface area contributed by atoms with Gasteiger partial charge in [0.2, 0.25) is 11.0 Å². The molecule has 0 saturated carbocycles. The molecule has 0 atom stereocenters. The highest BCUT2D eigenvalue weighted by atomic mass is 32.2. The van der Waals surface area contributed by atoms with Crippen molar-refractivity contribution in [2.45, 2.75) is 17.1 Å². The number of hydrogen-bond acceptors (Lipinski definition) is 7. The Hall–Kier alpha value is -2.10.